The van der Waals surface area contributed by atoms with Crippen LogP contribution in [0.15, 0.2) is 34.9 Å². The maximum atomic E-state index is 13.2. The molecule has 1 aromatic carbocycles. The van der Waals surface area contributed by atoms with E-state index in [2.05, 4.69) is 10.2 Å². The first-order valence-corrected chi connectivity index (χ1v) is 12.6. The lowest BCUT2D eigenvalue weighted by atomic mass is 9.79. The van der Waals surface area contributed by atoms with Gasteiger partial charge in [-0.2, -0.15) is 0 Å². The smallest absolute Gasteiger partial charge is 0.254 e. The van der Waals surface area contributed by atoms with Gasteiger partial charge in [0.25, 0.3) is 5.91 Å². The lowest BCUT2D eigenvalue weighted by molar-refractivity contribution is 0.0626. The zero-order valence-electron chi connectivity index (χ0n) is 20.7. The number of amides is 1. The third-order valence-corrected chi connectivity index (χ3v) is 7.63. The number of hydrogen-bond donors (Lipinski definition) is 1. The number of nitrogens with one attached hydrogen (secondary N) is 1. The van der Waals surface area contributed by atoms with E-state index in [0.717, 1.165) is 62.7 Å². The molecule has 0 aliphatic carbocycles. The second-order valence-electron chi connectivity index (χ2n) is 9.11. The summed E-state index contributed by atoms with van der Waals surface area (Å²) in [6, 6.07) is 7.29. The van der Waals surface area contributed by atoms with Gasteiger partial charge in [0.05, 0.1) is 34.1 Å². The number of rotatable bonds is 7. The maximum Gasteiger partial charge on any atom is 0.254 e. The molecule has 2 aromatic rings. The molecule has 4 rings (SSSR count). The van der Waals surface area contributed by atoms with Crippen LogP contribution in [-0.2, 0) is 6.54 Å². The van der Waals surface area contributed by atoms with Crippen molar-refractivity contribution >= 4 is 23.2 Å². The largest absolute Gasteiger partial charge is 0.493 e. The van der Waals surface area contributed by atoms with Gasteiger partial charge in [-0.15, -0.1) is 0 Å². The summed E-state index contributed by atoms with van der Waals surface area (Å²) >= 11 is 5.59. The molecule has 1 N–H and O–H groups in total. The molecule has 2 aliphatic rings. The number of furan rings is 1. The topological polar surface area (TPSA) is 76.4 Å². The van der Waals surface area contributed by atoms with E-state index in [1.54, 1.807) is 39.7 Å². The standard InChI is InChI=1S/C26H35N3O5S/c1-31-22-15-20(16-23(32-2)24(22)33-3)25(30)28-10-6-18(7-11-28)19-8-12-29(13-9-19)26(35)27-17-21-5-4-14-34-21/h4-5,14-16,18-19H,6-13,17H2,1-3H3,(H,27,35). The van der Waals surface area contributed by atoms with Crippen LogP contribution in [-0.4, -0.2) is 68.3 Å². The number of piperidine rings is 2. The first kappa shape index (κ1) is 25.2. The SMILES string of the molecule is COc1cc(C(=O)N2CCC(C3CCN(C(=S)NCc4ccco4)CC3)CC2)cc(OC)c1OC. The fourth-order valence-electron chi connectivity index (χ4n) is 5.22. The number of ether oxygens (including phenoxy) is 3. The molecule has 1 aromatic heterocycles. The highest BCUT2D eigenvalue weighted by Crippen LogP contribution is 2.39. The van der Waals surface area contributed by atoms with Gasteiger partial charge in [0.1, 0.15) is 5.76 Å². The number of carbonyl (C=O) groups is 1. The summed E-state index contributed by atoms with van der Waals surface area (Å²) < 4.78 is 21.6. The molecule has 0 bridgehead atoms. The lowest BCUT2D eigenvalue weighted by Crippen LogP contribution is -2.46. The van der Waals surface area contributed by atoms with Gasteiger partial charge in [-0.1, -0.05) is 0 Å². The molecule has 9 heteroatoms. The van der Waals surface area contributed by atoms with Gasteiger partial charge in [-0.3, -0.25) is 4.79 Å². The fraction of sp³-hybridized carbons (Fsp3) is 0.538. The first-order valence-electron chi connectivity index (χ1n) is 12.2. The highest BCUT2D eigenvalue weighted by atomic mass is 32.1. The number of nitrogens with zero attached hydrogens (tertiary/aromatic N) is 2. The van der Waals surface area contributed by atoms with E-state index in [1.165, 1.54) is 0 Å². The van der Waals surface area contributed by atoms with E-state index in [1.807, 2.05) is 17.0 Å². The summed E-state index contributed by atoms with van der Waals surface area (Å²) in [6.07, 6.45) is 6.00. The monoisotopic (exact) mass is 501 g/mol. The summed E-state index contributed by atoms with van der Waals surface area (Å²) in [7, 11) is 4.68. The van der Waals surface area contributed by atoms with Crippen molar-refractivity contribution in [1.82, 2.24) is 15.1 Å². The number of hydrogen-bond acceptors (Lipinski definition) is 6. The Labute approximate surface area is 212 Å². The highest BCUT2D eigenvalue weighted by Gasteiger charge is 2.32. The predicted molar refractivity (Wildman–Crippen MR) is 137 cm³/mol. The quantitative estimate of drug-likeness (QED) is 0.572. The van der Waals surface area contributed by atoms with Crippen LogP contribution in [0, 0.1) is 11.8 Å². The zero-order chi connectivity index (χ0) is 24.8. The van der Waals surface area contributed by atoms with Crippen molar-refractivity contribution in [2.75, 3.05) is 47.5 Å². The molecule has 0 atom stereocenters. The highest BCUT2D eigenvalue weighted by molar-refractivity contribution is 7.80. The molecule has 0 saturated carbocycles. The minimum Gasteiger partial charge on any atom is -0.493 e. The van der Waals surface area contributed by atoms with Crippen molar-refractivity contribution in [2.45, 2.75) is 32.2 Å². The summed E-state index contributed by atoms with van der Waals surface area (Å²) in [5.41, 5.74) is 0.557. The van der Waals surface area contributed by atoms with Gasteiger partial charge >= 0.3 is 0 Å². The minimum atomic E-state index is 0.00509. The van der Waals surface area contributed by atoms with E-state index in [-0.39, 0.29) is 5.91 Å². The van der Waals surface area contributed by atoms with Crippen LogP contribution < -0.4 is 19.5 Å². The maximum absolute atomic E-state index is 13.2. The average Bonchev–Trinajstić information content (AvgIpc) is 3.44. The van der Waals surface area contributed by atoms with E-state index in [0.29, 0.717) is 41.2 Å². The van der Waals surface area contributed by atoms with Gasteiger partial charge < -0.3 is 33.7 Å². The van der Waals surface area contributed by atoms with Crippen LogP contribution in [0.3, 0.4) is 0 Å². The van der Waals surface area contributed by atoms with Crippen molar-refractivity contribution in [3.05, 3.63) is 41.9 Å². The van der Waals surface area contributed by atoms with E-state index in [4.69, 9.17) is 30.8 Å². The van der Waals surface area contributed by atoms with Crippen molar-refractivity contribution in [3.8, 4) is 17.2 Å². The van der Waals surface area contributed by atoms with Gasteiger partial charge in [-0.25, -0.2) is 0 Å². The number of methoxy groups -OCH3 is 3. The predicted octanol–water partition coefficient (Wildman–Crippen LogP) is 3.94. The van der Waals surface area contributed by atoms with Crippen LogP contribution in [0.1, 0.15) is 41.8 Å². The lowest BCUT2D eigenvalue weighted by Gasteiger charge is -2.41. The molecule has 2 saturated heterocycles. The Bertz CT molecular complexity index is 971. The fourth-order valence-corrected chi connectivity index (χ4v) is 5.48. The molecule has 8 nitrogen and oxygen atoms in total. The van der Waals surface area contributed by atoms with E-state index >= 15 is 0 Å². The molecular weight excluding hydrogens is 466 g/mol. The average molecular weight is 502 g/mol. The Kier molecular flexibility index (Phi) is 8.38. The second-order valence-corrected chi connectivity index (χ2v) is 9.49. The molecule has 190 valence electrons. The van der Waals surface area contributed by atoms with Crippen LogP contribution in [0.25, 0.3) is 0 Å². The second kappa shape index (κ2) is 11.7. The first-order chi connectivity index (χ1) is 17.0. The normalized spacial score (nSPS) is 17.2. The van der Waals surface area contributed by atoms with Gasteiger partial charge in [0.15, 0.2) is 16.6 Å². The summed E-state index contributed by atoms with van der Waals surface area (Å²) in [6.45, 7) is 4.09. The molecular formula is C26H35N3O5S. The molecule has 2 fully saturated rings. The Balaban J connectivity index is 1.26. The summed E-state index contributed by atoms with van der Waals surface area (Å²) in [5.74, 6) is 3.69. The van der Waals surface area contributed by atoms with Crippen molar-refractivity contribution in [3.63, 3.8) is 0 Å². The van der Waals surface area contributed by atoms with Crippen LogP contribution in [0.5, 0.6) is 17.2 Å². The molecule has 0 radical (unpaired) electrons. The summed E-state index contributed by atoms with van der Waals surface area (Å²) in [5, 5.41) is 4.10. The minimum absolute atomic E-state index is 0.00509. The van der Waals surface area contributed by atoms with Crippen LogP contribution in [0.2, 0.25) is 0 Å². The number of carbonyl (C=O) groups excluding carboxylic acids is 1. The molecule has 1 amide bonds. The summed E-state index contributed by atoms with van der Waals surface area (Å²) in [4.78, 5) is 17.4. The molecule has 0 unspecified atom stereocenters. The number of thiocarbonyl (C=S) groups is 1. The molecule has 3 heterocycles. The third kappa shape index (κ3) is 5.83. The van der Waals surface area contributed by atoms with Gasteiger partial charge in [-0.05, 0) is 74.0 Å². The van der Waals surface area contributed by atoms with Crippen LogP contribution >= 0.6 is 12.2 Å². The van der Waals surface area contributed by atoms with Gasteiger partial charge in [0.2, 0.25) is 5.75 Å². The van der Waals surface area contributed by atoms with Crippen molar-refractivity contribution in [2.24, 2.45) is 11.8 Å². The molecule has 0 spiro atoms. The Morgan fingerprint density at radius 1 is 0.971 bits per heavy atom. The molecule has 2 aliphatic heterocycles. The Hall–Kier alpha value is -2.94. The van der Waals surface area contributed by atoms with Crippen molar-refractivity contribution < 1.29 is 23.4 Å². The van der Waals surface area contributed by atoms with Gasteiger partial charge in [0, 0.05) is 31.7 Å². The Morgan fingerprint density at radius 3 is 2.03 bits per heavy atom. The van der Waals surface area contributed by atoms with Crippen LogP contribution in [0.4, 0.5) is 0 Å². The zero-order valence-corrected chi connectivity index (χ0v) is 21.6. The van der Waals surface area contributed by atoms with Crippen molar-refractivity contribution in [1.29, 1.82) is 0 Å². The van der Waals surface area contributed by atoms with E-state index < -0.39 is 0 Å². The third-order valence-electron chi connectivity index (χ3n) is 7.23. The molecule has 35 heavy (non-hydrogen) atoms. The Morgan fingerprint density at radius 2 is 1.54 bits per heavy atom. The number of likely N-dealkylation sites (tertiary alicyclic amines) is 2. The van der Waals surface area contributed by atoms with E-state index in [9.17, 15) is 4.79 Å². The number of benzene rings is 1.